The van der Waals surface area contributed by atoms with E-state index in [9.17, 15) is 0 Å². The molecule has 4 heteroatoms. The van der Waals surface area contributed by atoms with Gasteiger partial charge in [-0.3, -0.25) is 0 Å². The second-order valence-electron chi connectivity index (χ2n) is 4.63. The van der Waals surface area contributed by atoms with E-state index in [1.54, 1.807) is 0 Å². The molecule has 0 aromatic rings. The number of hydrogen-bond acceptors (Lipinski definition) is 4. The Morgan fingerprint density at radius 3 is 2.94 bits per heavy atom. The zero-order chi connectivity index (χ0) is 11.1. The predicted molar refractivity (Wildman–Crippen MR) is 70.2 cm³/mol. The molecule has 1 N–H and O–H groups in total. The van der Waals surface area contributed by atoms with E-state index in [-0.39, 0.29) is 0 Å². The largest absolute Gasteiger partial charge is 0.377 e. The Morgan fingerprint density at radius 1 is 1.19 bits per heavy atom. The molecule has 2 fully saturated rings. The Balaban J connectivity index is 1.55. The Kier molecular flexibility index (Phi) is 5.97. The number of rotatable bonds is 4. The topological polar surface area (TPSA) is 24.5 Å². The van der Waals surface area contributed by atoms with Crippen LogP contribution in [-0.2, 0) is 4.74 Å². The molecule has 0 atom stereocenters. The van der Waals surface area contributed by atoms with Gasteiger partial charge in [-0.1, -0.05) is 0 Å². The molecule has 0 spiro atoms. The average molecular weight is 244 g/mol. The lowest BCUT2D eigenvalue weighted by atomic mass is 10.1. The summed E-state index contributed by atoms with van der Waals surface area (Å²) in [7, 11) is 0. The van der Waals surface area contributed by atoms with Crippen LogP contribution in [0, 0.1) is 0 Å². The molecule has 0 saturated carbocycles. The van der Waals surface area contributed by atoms with Gasteiger partial charge in [0.2, 0.25) is 0 Å². The van der Waals surface area contributed by atoms with Crippen molar-refractivity contribution in [3.8, 4) is 0 Å². The van der Waals surface area contributed by atoms with Crippen molar-refractivity contribution in [2.45, 2.75) is 25.4 Å². The average Bonchev–Trinajstić information content (AvgIpc) is 2.59. The summed E-state index contributed by atoms with van der Waals surface area (Å²) in [6.45, 7) is 6.83. The maximum Gasteiger partial charge on any atom is 0.0600 e. The van der Waals surface area contributed by atoms with Crippen molar-refractivity contribution < 1.29 is 4.74 Å². The number of ether oxygens (including phenoxy) is 1. The second-order valence-corrected chi connectivity index (χ2v) is 5.85. The molecule has 0 aromatic heterocycles. The van der Waals surface area contributed by atoms with Gasteiger partial charge in [-0.15, -0.1) is 0 Å². The van der Waals surface area contributed by atoms with Crippen LogP contribution in [0.2, 0.25) is 0 Å². The standard InChI is InChI=1S/C12H24N2OS/c1-6-14(8-11-16-10-1)7-9-15-12-2-4-13-5-3-12/h12-13H,1-11H2. The Morgan fingerprint density at radius 2 is 2.06 bits per heavy atom. The van der Waals surface area contributed by atoms with E-state index in [4.69, 9.17) is 4.74 Å². The summed E-state index contributed by atoms with van der Waals surface area (Å²) in [5.41, 5.74) is 0. The quantitative estimate of drug-likeness (QED) is 0.803. The summed E-state index contributed by atoms with van der Waals surface area (Å²) in [6, 6.07) is 0. The summed E-state index contributed by atoms with van der Waals surface area (Å²) in [5, 5.41) is 3.37. The van der Waals surface area contributed by atoms with Crippen molar-refractivity contribution in [3.63, 3.8) is 0 Å². The molecule has 2 aliphatic rings. The van der Waals surface area contributed by atoms with Crippen LogP contribution in [0.25, 0.3) is 0 Å². The summed E-state index contributed by atoms with van der Waals surface area (Å²) in [6.07, 6.45) is 4.24. The van der Waals surface area contributed by atoms with Crippen molar-refractivity contribution in [1.82, 2.24) is 10.2 Å². The van der Waals surface area contributed by atoms with Crippen LogP contribution in [0.5, 0.6) is 0 Å². The van der Waals surface area contributed by atoms with Crippen molar-refractivity contribution in [2.24, 2.45) is 0 Å². The summed E-state index contributed by atoms with van der Waals surface area (Å²) in [4.78, 5) is 2.56. The van der Waals surface area contributed by atoms with Crippen LogP contribution in [0.1, 0.15) is 19.3 Å². The van der Waals surface area contributed by atoms with Gasteiger partial charge in [0.25, 0.3) is 0 Å². The van der Waals surface area contributed by atoms with Crippen LogP contribution in [-0.4, -0.2) is 61.8 Å². The van der Waals surface area contributed by atoms with Crippen molar-refractivity contribution in [2.75, 3.05) is 50.8 Å². The van der Waals surface area contributed by atoms with E-state index in [0.717, 1.165) is 26.2 Å². The molecule has 2 heterocycles. The fourth-order valence-electron chi connectivity index (χ4n) is 2.33. The van der Waals surface area contributed by atoms with Crippen LogP contribution in [0.4, 0.5) is 0 Å². The molecule has 3 nitrogen and oxygen atoms in total. The lowest BCUT2D eigenvalue weighted by Gasteiger charge is -2.25. The molecule has 2 aliphatic heterocycles. The summed E-state index contributed by atoms with van der Waals surface area (Å²) in [5.74, 6) is 2.64. The van der Waals surface area contributed by atoms with Crippen molar-refractivity contribution in [1.29, 1.82) is 0 Å². The maximum absolute atomic E-state index is 5.94. The summed E-state index contributed by atoms with van der Waals surface area (Å²) >= 11 is 2.09. The number of nitrogens with one attached hydrogen (secondary N) is 1. The van der Waals surface area contributed by atoms with Crippen molar-refractivity contribution >= 4 is 11.8 Å². The number of piperidine rings is 1. The summed E-state index contributed by atoms with van der Waals surface area (Å²) < 4.78 is 5.94. The molecule has 0 aromatic carbocycles. The Hall–Kier alpha value is 0.230. The first-order valence-corrected chi connectivity index (χ1v) is 7.73. The van der Waals surface area contributed by atoms with E-state index in [1.165, 1.54) is 43.9 Å². The van der Waals surface area contributed by atoms with Crippen LogP contribution in [0.15, 0.2) is 0 Å². The van der Waals surface area contributed by atoms with E-state index < -0.39 is 0 Å². The van der Waals surface area contributed by atoms with Crippen LogP contribution < -0.4 is 5.32 Å². The Bertz CT molecular complexity index is 178. The minimum atomic E-state index is 0.516. The molecule has 2 saturated heterocycles. The first kappa shape index (κ1) is 12.7. The van der Waals surface area contributed by atoms with Crippen molar-refractivity contribution in [3.05, 3.63) is 0 Å². The second kappa shape index (κ2) is 7.54. The van der Waals surface area contributed by atoms with Gasteiger partial charge in [-0.25, -0.2) is 0 Å². The van der Waals surface area contributed by atoms with Gasteiger partial charge in [-0.2, -0.15) is 11.8 Å². The van der Waals surface area contributed by atoms with E-state index in [0.29, 0.717) is 6.10 Å². The monoisotopic (exact) mass is 244 g/mol. The number of nitrogens with zero attached hydrogens (tertiary/aromatic N) is 1. The molecular weight excluding hydrogens is 220 g/mol. The van der Waals surface area contributed by atoms with Gasteiger partial charge in [0.15, 0.2) is 0 Å². The smallest absolute Gasteiger partial charge is 0.0600 e. The van der Waals surface area contributed by atoms with Gasteiger partial charge in [-0.05, 0) is 44.6 Å². The lowest BCUT2D eigenvalue weighted by Crippen LogP contribution is -2.35. The molecule has 0 unspecified atom stereocenters. The van der Waals surface area contributed by atoms with E-state index in [2.05, 4.69) is 22.0 Å². The van der Waals surface area contributed by atoms with Gasteiger partial charge in [0.1, 0.15) is 0 Å². The fourth-order valence-corrected chi connectivity index (χ4v) is 3.26. The highest BCUT2D eigenvalue weighted by molar-refractivity contribution is 7.99. The SMILES string of the molecule is C1CSCCN(CCOC2CCNCC2)C1. The maximum atomic E-state index is 5.94. The molecule has 16 heavy (non-hydrogen) atoms. The fraction of sp³-hybridized carbons (Fsp3) is 1.00. The van der Waals surface area contributed by atoms with Gasteiger partial charge in [0.05, 0.1) is 12.7 Å². The van der Waals surface area contributed by atoms with Crippen LogP contribution >= 0.6 is 11.8 Å². The normalized spacial score (nSPS) is 25.5. The number of thioether (sulfide) groups is 1. The first-order valence-electron chi connectivity index (χ1n) is 6.57. The van der Waals surface area contributed by atoms with Crippen LogP contribution in [0.3, 0.4) is 0 Å². The molecular formula is C12H24N2OS. The third-order valence-electron chi connectivity index (χ3n) is 3.36. The first-order chi connectivity index (χ1) is 7.95. The molecule has 0 bridgehead atoms. The van der Waals surface area contributed by atoms with E-state index >= 15 is 0 Å². The molecule has 94 valence electrons. The third kappa shape index (κ3) is 4.62. The highest BCUT2D eigenvalue weighted by Gasteiger charge is 2.14. The number of hydrogen-bond donors (Lipinski definition) is 1. The molecule has 0 aliphatic carbocycles. The lowest BCUT2D eigenvalue weighted by molar-refractivity contribution is 0.0211. The third-order valence-corrected chi connectivity index (χ3v) is 4.41. The molecule has 0 amide bonds. The zero-order valence-electron chi connectivity index (χ0n) is 10.1. The zero-order valence-corrected chi connectivity index (χ0v) is 10.9. The minimum Gasteiger partial charge on any atom is -0.377 e. The van der Waals surface area contributed by atoms with Gasteiger partial charge >= 0.3 is 0 Å². The highest BCUT2D eigenvalue weighted by atomic mass is 32.2. The highest BCUT2D eigenvalue weighted by Crippen LogP contribution is 2.10. The predicted octanol–water partition coefficient (Wildman–Crippen LogP) is 1.19. The minimum absolute atomic E-state index is 0.516. The van der Waals surface area contributed by atoms with E-state index in [1.807, 2.05) is 0 Å². The molecule has 0 radical (unpaired) electrons. The molecule has 2 rings (SSSR count). The van der Waals surface area contributed by atoms with Gasteiger partial charge in [0, 0.05) is 18.8 Å². The Labute approximate surface area is 103 Å². The van der Waals surface area contributed by atoms with Gasteiger partial charge < -0.3 is 15.0 Å².